The number of benzene rings is 2. The first-order chi connectivity index (χ1) is 14.2. The predicted octanol–water partition coefficient (Wildman–Crippen LogP) is 5.78. The number of halogens is 1. The molecule has 1 fully saturated rings. The van der Waals surface area contributed by atoms with Gasteiger partial charge in [0.25, 0.3) is 0 Å². The average molecular weight is 425 g/mol. The number of amides is 1. The van der Waals surface area contributed by atoms with Gasteiger partial charge in [0.05, 0.1) is 0 Å². The molecule has 0 aromatic heterocycles. The summed E-state index contributed by atoms with van der Waals surface area (Å²) >= 11 is 6.41. The fraction of sp³-hybridized carbons (Fsp3) is 0.480. The van der Waals surface area contributed by atoms with Gasteiger partial charge in [-0.05, 0) is 86.6 Å². The van der Waals surface area contributed by atoms with E-state index in [2.05, 4.69) is 30.0 Å². The van der Waals surface area contributed by atoms with Crippen molar-refractivity contribution in [2.75, 3.05) is 24.5 Å². The van der Waals surface area contributed by atoms with Crippen LogP contribution in [-0.2, 0) is 11.2 Å². The van der Waals surface area contributed by atoms with Crippen LogP contribution in [0.1, 0.15) is 49.8 Å². The normalized spacial score (nSPS) is 22.2. The Hall–Kier alpha value is -2.20. The summed E-state index contributed by atoms with van der Waals surface area (Å²) in [5.74, 6) is 0.333. The quantitative estimate of drug-likeness (QED) is 0.581. The van der Waals surface area contributed by atoms with Gasteiger partial charge < -0.3 is 14.5 Å². The summed E-state index contributed by atoms with van der Waals surface area (Å²) in [5, 5.41) is 0.803. The minimum Gasteiger partial charge on any atom is -0.444 e. The molecule has 2 aromatic carbocycles. The van der Waals surface area contributed by atoms with Gasteiger partial charge >= 0.3 is 6.09 Å². The Kier molecular flexibility index (Phi) is 4.55. The number of carbonyl (C=O) groups excluding carboxylic acids is 1. The minimum atomic E-state index is -0.469. The van der Waals surface area contributed by atoms with Gasteiger partial charge in [-0.3, -0.25) is 0 Å². The van der Waals surface area contributed by atoms with Crippen LogP contribution < -0.4 is 4.90 Å². The number of rotatable bonds is 1. The van der Waals surface area contributed by atoms with Crippen LogP contribution in [0.15, 0.2) is 30.3 Å². The van der Waals surface area contributed by atoms with E-state index in [0.29, 0.717) is 12.0 Å². The highest BCUT2D eigenvalue weighted by Crippen LogP contribution is 2.51. The van der Waals surface area contributed by atoms with Crippen LogP contribution in [0, 0.1) is 6.92 Å². The molecule has 0 saturated carbocycles. The van der Waals surface area contributed by atoms with E-state index >= 15 is 0 Å². The van der Waals surface area contributed by atoms with E-state index < -0.39 is 5.60 Å². The molecule has 5 heteroatoms. The molecule has 2 atom stereocenters. The molecule has 1 amide bonds. The molecule has 158 valence electrons. The lowest BCUT2D eigenvalue weighted by molar-refractivity contribution is 0.0189. The Morgan fingerprint density at radius 3 is 2.77 bits per heavy atom. The first-order valence-electron chi connectivity index (χ1n) is 10.9. The van der Waals surface area contributed by atoms with Gasteiger partial charge in [-0.25, -0.2) is 4.79 Å². The van der Waals surface area contributed by atoms with Crippen molar-refractivity contribution in [2.45, 2.75) is 58.1 Å². The van der Waals surface area contributed by atoms with Crippen LogP contribution in [0.25, 0.3) is 11.1 Å². The number of carbonyl (C=O) groups is 1. The highest BCUT2D eigenvalue weighted by Gasteiger charge is 2.46. The second-order valence-electron chi connectivity index (χ2n) is 9.82. The summed E-state index contributed by atoms with van der Waals surface area (Å²) in [4.78, 5) is 17.2. The highest BCUT2D eigenvalue weighted by molar-refractivity contribution is 6.31. The second kappa shape index (κ2) is 6.91. The standard InChI is InChI=1S/C25H29ClN2O2/c1-15-18(6-5-7-21(15)26)17-12-16-8-11-28-22-9-10-27(24(29)30-25(2,3)4)14-20(22)19(13-17)23(16)28/h5-7,12-13,20,22H,8-11,14H2,1-4H3/t20-,22-/m0/s1. The zero-order chi connectivity index (χ0) is 21.2. The summed E-state index contributed by atoms with van der Waals surface area (Å²) in [5.41, 5.74) is 7.32. The van der Waals surface area contributed by atoms with Gasteiger partial charge in [0, 0.05) is 42.3 Å². The molecule has 3 aliphatic heterocycles. The van der Waals surface area contributed by atoms with Crippen LogP contribution in [-0.4, -0.2) is 42.3 Å². The maximum Gasteiger partial charge on any atom is 0.410 e. The van der Waals surface area contributed by atoms with Gasteiger partial charge in [0.15, 0.2) is 0 Å². The van der Waals surface area contributed by atoms with Crippen molar-refractivity contribution in [2.24, 2.45) is 0 Å². The highest BCUT2D eigenvalue weighted by atomic mass is 35.5. The molecule has 0 N–H and O–H groups in total. The maximum absolute atomic E-state index is 12.7. The maximum atomic E-state index is 12.7. The zero-order valence-electron chi connectivity index (χ0n) is 18.2. The second-order valence-corrected chi connectivity index (χ2v) is 10.2. The van der Waals surface area contributed by atoms with E-state index in [0.717, 1.165) is 43.1 Å². The molecule has 3 heterocycles. The van der Waals surface area contributed by atoms with E-state index in [9.17, 15) is 4.79 Å². The number of piperidine rings is 1. The number of fused-ring (bicyclic) bond motifs is 3. The molecule has 0 unspecified atom stereocenters. The van der Waals surface area contributed by atoms with Crippen LogP contribution in [0.4, 0.5) is 10.5 Å². The molecule has 4 nitrogen and oxygen atoms in total. The van der Waals surface area contributed by atoms with Crippen molar-refractivity contribution in [1.82, 2.24) is 4.90 Å². The summed E-state index contributed by atoms with van der Waals surface area (Å²) in [6, 6.07) is 11.3. The van der Waals surface area contributed by atoms with Crippen LogP contribution in [0.5, 0.6) is 0 Å². The molecule has 2 aromatic rings. The largest absolute Gasteiger partial charge is 0.444 e. The molecule has 0 bridgehead atoms. The van der Waals surface area contributed by atoms with Crippen molar-refractivity contribution >= 4 is 23.4 Å². The van der Waals surface area contributed by atoms with Crippen molar-refractivity contribution in [3.8, 4) is 11.1 Å². The van der Waals surface area contributed by atoms with E-state index in [1.807, 2.05) is 37.8 Å². The average Bonchev–Trinajstić information content (AvgIpc) is 3.24. The van der Waals surface area contributed by atoms with E-state index in [4.69, 9.17) is 16.3 Å². The van der Waals surface area contributed by atoms with E-state index in [1.165, 1.54) is 27.9 Å². The lowest BCUT2D eigenvalue weighted by Gasteiger charge is -2.38. The third-order valence-corrected chi connectivity index (χ3v) is 7.14. The first kappa shape index (κ1) is 19.7. The van der Waals surface area contributed by atoms with Gasteiger partial charge in [-0.1, -0.05) is 23.7 Å². The van der Waals surface area contributed by atoms with Gasteiger partial charge in [0.2, 0.25) is 0 Å². The summed E-state index contributed by atoms with van der Waals surface area (Å²) in [6.07, 6.45) is 1.89. The van der Waals surface area contributed by atoms with E-state index in [-0.39, 0.29) is 6.09 Å². The fourth-order valence-corrected chi connectivity index (χ4v) is 5.59. The molecule has 0 aliphatic carbocycles. The van der Waals surface area contributed by atoms with Crippen molar-refractivity contribution in [3.63, 3.8) is 0 Å². The van der Waals surface area contributed by atoms with Crippen LogP contribution >= 0.6 is 11.6 Å². The minimum absolute atomic E-state index is 0.194. The van der Waals surface area contributed by atoms with Crippen LogP contribution in [0.3, 0.4) is 0 Å². The predicted molar refractivity (Wildman–Crippen MR) is 122 cm³/mol. The Balaban J connectivity index is 1.51. The molecule has 5 rings (SSSR count). The molecule has 30 heavy (non-hydrogen) atoms. The molecule has 1 saturated heterocycles. The summed E-state index contributed by atoms with van der Waals surface area (Å²) < 4.78 is 5.66. The topological polar surface area (TPSA) is 32.8 Å². The van der Waals surface area contributed by atoms with Crippen molar-refractivity contribution < 1.29 is 9.53 Å². The lowest BCUT2D eigenvalue weighted by atomic mass is 9.85. The van der Waals surface area contributed by atoms with Crippen LogP contribution in [0.2, 0.25) is 5.02 Å². The van der Waals surface area contributed by atoms with Gasteiger partial charge in [-0.2, -0.15) is 0 Å². The van der Waals surface area contributed by atoms with Gasteiger partial charge in [0.1, 0.15) is 5.60 Å². The number of hydrogen-bond donors (Lipinski definition) is 0. The number of hydrogen-bond acceptors (Lipinski definition) is 3. The third kappa shape index (κ3) is 3.17. The molecular weight excluding hydrogens is 396 g/mol. The molecular formula is C25H29ClN2O2. The van der Waals surface area contributed by atoms with Crippen molar-refractivity contribution in [3.05, 3.63) is 52.0 Å². The Bertz CT molecular complexity index is 1030. The number of nitrogens with zero attached hydrogens (tertiary/aromatic N) is 2. The molecule has 0 radical (unpaired) electrons. The lowest BCUT2D eigenvalue weighted by Crippen LogP contribution is -2.49. The van der Waals surface area contributed by atoms with Crippen molar-refractivity contribution in [1.29, 1.82) is 0 Å². The summed E-state index contributed by atoms with van der Waals surface area (Å²) in [7, 11) is 0. The zero-order valence-corrected chi connectivity index (χ0v) is 18.9. The Morgan fingerprint density at radius 1 is 1.20 bits per heavy atom. The SMILES string of the molecule is Cc1c(Cl)cccc1-c1cc2c3c(c1)[C@@H]1CN(C(=O)OC(C)(C)C)CC[C@@H]1N3CC2. The number of likely N-dealkylation sites (tertiary alicyclic amines) is 1. The van der Waals surface area contributed by atoms with Gasteiger partial charge in [-0.15, -0.1) is 0 Å². The monoisotopic (exact) mass is 424 g/mol. The third-order valence-electron chi connectivity index (χ3n) is 6.73. The Morgan fingerprint density at radius 2 is 2.00 bits per heavy atom. The number of ether oxygens (including phenoxy) is 1. The number of anilines is 1. The molecule has 0 spiro atoms. The summed E-state index contributed by atoms with van der Waals surface area (Å²) in [6.45, 7) is 10.4. The van der Waals surface area contributed by atoms with E-state index in [1.54, 1.807) is 0 Å². The fourth-order valence-electron chi connectivity index (χ4n) is 5.41. The smallest absolute Gasteiger partial charge is 0.410 e. The first-order valence-corrected chi connectivity index (χ1v) is 11.3. The molecule has 3 aliphatic rings. The Labute approximate surface area is 183 Å².